The number of nitrogens with one attached hydrogen (secondary N) is 2. The van der Waals surface area contributed by atoms with Crippen molar-refractivity contribution in [3.05, 3.63) is 35.6 Å². The number of amides is 1. The molecular formula is C15H20ClFN2O. The molecule has 5 heteroatoms. The fraction of sp³-hybridized carbons (Fsp3) is 0.533. The number of rotatable bonds is 3. The van der Waals surface area contributed by atoms with E-state index in [-0.39, 0.29) is 30.0 Å². The third-order valence-corrected chi connectivity index (χ3v) is 4.21. The molecule has 20 heavy (non-hydrogen) atoms. The lowest BCUT2D eigenvalue weighted by molar-refractivity contribution is -0.126. The molecule has 3 rings (SSSR count). The van der Waals surface area contributed by atoms with Crippen molar-refractivity contribution in [2.24, 2.45) is 5.92 Å². The van der Waals surface area contributed by atoms with Gasteiger partial charge in [0.1, 0.15) is 5.82 Å². The molecule has 1 aliphatic carbocycles. The van der Waals surface area contributed by atoms with E-state index in [0.29, 0.717) is 5.56 Å². The Bertz CT molecular complexity index is 485. The summed E-state index contributed by atoms with van der Waals surface area (Å²) >= 11 is 0. The van der Waals surface area contributed by atoms with Gasteiger partial charge in [-0.05, 0) is 44.8 Å². The van der Waals surface area contributed by atoms with E-state index in [4.69, 9.17) is 0 Å². The van der Waals surface area contributed by atoms with Crippen LogP contribution in [0.25, 0.3) is 0 Å². The average Bonchev–Trinajstić information content (AvgIpc) is 3.21. The van der Waals surface area contributed by atoms with Crippen LogP contribution in [0.3, 0.4) is 0 Å². The maximum atomic E-state index is 13.9. The van der Waals surface area contributed by atoms with Gasteiger partial charge in [-0.25, -0.2) is 4.39 Å². The molecule has 1 saturated carbocycles. The Labute approximate surface area is 124 Å². The van der Waals surface area contributed by atoms with Crippen LogP contribution < -0.4 is 10.6 Å². The van der Waals surface area contributed by atoms with Gasteiger partial charge in [0, 0.05) is 11.5 Å². The van der Waals surface area contributed by atoms with Crippen LogP contribution >= 0.6 is 12.4 Å². The van der Waals surface area contributed by atoms with Crippen LogP contribution in [0.1, 0.15) is 31.2 Å². The summed E-state index contributed by atoms with van der Waals surface area (Å²) in [4.78, 5) is 12.3. The van der Waals surface area contributed by atoms with Gasteiger partial charge in [-0.2, -0.15) is 0 Å². The van der Waals surface area contributed by atoms with Crippen LogP contribution in [-0.4, -0.2) is 19.0 Å². The van der Waals surface area contributed by atoms with Gasteiger partial charge in [0.05, 0.1) is 5.54 Å². The lowest BCUT2D eigenvalue weighted by Gasteiger charge is -2.25. The molecule has 0 radical (unpaired) electrons. The molecular weight excluding hydrogens is 279 g/mol. The molecule has 1 aliphatic heterocycles. The van der Waals surface area contributed by atoms with E-state index in [1.54, 1.807) is 12.1 Å². The second-order valence-electron chi connectivity index (χ2n) is 5.58. The Balaban J connectivity index is 0.00000147. The number of hydrogen-bond acceptors (Lipinski definition) is 2. The highest BCUT2D eigenvalue weighted by Gasteiger charge is 2.47. The van der Waals surface area contributed by atoms with Gasteiger partial charge < -0.3 is 10.6 Å². The Morgan fingerprint density at radius 3 is 2.50 bits per heavy atom. The molecule has 2 N–H and O–H groups in total. The van der Waals surface area contributed by atoms with Gasteiger partial charge in [0.15, 0.2) is 0 Å². The van der Waals surface area contributed by atoms with E-state index in [2.05, 4.69) is 10.6 Å². The first-order valence-corrected chi connectivity index (χ1v) is 6.99. The summed E-state index contributed by atoms with van der Waals surface area (Å²) in [5.74, 6) is -0.0571. The lowest BCUT2D eigenvalue weighted by atomic mass is 9.95. The minimum Gasteiger partial charge on any atom is -0.346 e. The number of piperidine rings is 1. The molecule has 0 spiro atoms. The van der Waals surface area contributed by atoms with Crippen molar-refractivity contribution in [2.75, 3.05) is 13.1 Å². The van der Waals surface area contributed by atoms with E-state index in [9.17, 15) is 9.18 Å². The summed E-state index contributed by atoms with van der Waals surface area (Å²) in [5.41, 5.74) is 0.199. The zero-order valence-corrected chi connectivity index (χ0v) is 12.1. The van der Waals surface area contributed by atoms with Crippen LogP contribution in [-0.2, 0) is 10.3 Å². The fourth-order valence-corrected chi connectivity index (χ4v) is 2.86. The zero-order valence-electron chi connectivity index (χ0n) is 11.3. The Hall–Kier alpha value is -1.13. The largest absolute Gasteiger partial charge is 0.346 e. The van der Waals surface area contributed by atoms with Crippen LogP contribution in [0.5, 0.6) is 0 Å². The number of benzene rings is 1. The van der Waals surface area contributed by atoms with Crippen molar-refractivity contribution in [3.8, 4) is 0 Å². The van der Waals surface area contributed by atoms with Crippen molar-refractivity contribution in [3.63, 3.8) is 0 Å². The molecule has 3 nitrogen and oxygen atoms in total. The molecule has 0 aromatic heterocycles. The second kappa shape index (κ2) is 6.10. The summed E-state index contributed by atoms with van der Waals surface area (Å²) in [6.45, 7) is 1.79. The molecule has 1 heterocycles. The Morgan fingerprint density at radius 2 is 1.90 bits per heavy atom. The normalized spacial score (nSPS) is 20.9. The van der Waals surface area contributed by atoms with Gasteiger partial charge in [0.2, 0.25) is 5.91 Å². The number of halogens is 2. The first-order chi connectivity index (χ1) is 9.21. The smallest absolute Gasteiger partial charge is 0.223 e. The summed E-state index contributed by atoms with van der Waals surface area (Å²) in [7, 11) is 0. The molecule has 1 aromatic rings. The van der Waals surface area contributed by atoms with Crippen LogP contribution in [0.15, 0.2) is 24.3 Å². The van der Waals surface area contributed by atoms with E-state index >= 15 is 0 Å². The standard InChI is InChI=1S/C15H19FN2O.ClH/c16-13-4-2-1-3-12(13)15(7-8-15)18-14(19)11-5-9-17-10-6-11;/h1-4,11,17H,5-10H2,(H,18,19);1H. The van der Waals surface area contributed by atoms with Crippen molar-refractivity contribution < 1.29 is 9.18 Å². The van der Waals surface area contributed by atoms with Crippen LogP contribution in [0, 0.1) is 11.7 Å². The van der Waals surface area contributed by atoms with Gasteiger partial charge >= 0.3 is 0 Å². The van der Waals surface area contributed by atoms with Gasteiger partial charge in [-0.1, -0.05) is 18.2 Å². The highest BCUT2D eigenvalue weighted by atomic mass is 35.5. The van der Waals surface area contributed by atoms with E-state index in [1.807, 2.05) is 6.07 Å². The van der Waals surface area contributed by atoms with Crippen LogP contribution in [0.2, 0.25) is 0 Å². The van der Waals surface area contributed by atoms with E-state index in [0.717, 1.165) is 38.8 Å². The molecule has 0 bridgehead atoms. The van der Waals surface area contributed by atoms with E-state index < -0.39 is 5.54 Å². The Kier molecular flexibility index (Phi) is 4.66. The fourth-order valence-electron chi connectivity index (χ4n) is 2.86. The van der Waals surface area contributed by atoms with Gasteiger partial charge in [0.25, 0.3) is 0 Å². The molecule has 0 unspecified atom stereocenters. The number of carbonyl (C=O) groups is 1. The summed E-state index contributed by atoms with van der Waals surface area (Å²) in [5, 5.41) is 6.34. The number of carbonyl (C=O) groups excluding carboxylic acids is 1. The van der Waals surface area contributed by atoms with Crippen molar-refractivity contribution in [2.45, 2.75) is 31.2 Å². The summed E-state index contributed by atoms with van der Waals surface area (Å²) in [6, 6.07) is 6.76. The van der Waals surface area contributed by atoms with Crippen LogP contribution in [0.4, 0.5) is 4.39 Å². The van der Waals surface area contributed by atoms with E-state index in [1.165, 1.54) is 6.07 Å². The predicted octanol–water partition coefficient (Wildman–Crippen LogP) is 2.35. The summed E-state index contributed by atoms with van der Waals surface area (Å²) in [6.07, 6.45) is 3.42. The molecule has 0 atom stereocenters. The molecule has 1 amide bonds. The quantitative estimate of drug-likeness (QED) is 0.899. The van der Waals surface area contributed by atoms with Gasteiger partial charge in [-0.15, -0.1) is 12.4 Å². The first kappa shape index (κ1) is 15.3. The maximum absolute atomic E-state index is 13.9. The topological polar surface area (TPSA) is 41.1 Å². The summed E-state index contributed by atoms with van der Waals surface area (Å²) < 4.78 is 13.9. The highest BCUT2D eigenvalue weighted by molar-refractivity contribution is 5.85. The third kappa shape index (κ3) is 2.96. The van der Waals surface area contributed by atoms with Gasteiger partial charge in [-0.3, -0.25) is 4.79 Å². The minimum atomic E-state index is -0.437. The van der Waals surface area contributed by atoms with Crippen molar-refractivity contribution in [1.29, 1.82) is 0 Å². The number of hydrogen-bond donors (Lipinski definition) is 2. The molecule has 2 aliphatic rings. The molecule has 110 valence electrons. The monoisotopic (exact) mass is 298 g/mol. The maximum Gasteiger partial charge on any atom is 0.223 e. The second-order valence-corrected chi connectivity index (χ2v) is 5.58. The first-order valence-electron chi connectivity index (χ1n) is 6.99. The average molecular weight is 299 g/mol. The highest BCUT2D eigenvalue weighted by Crippen LogP contribution is 2.46. The predicted molar refractivity (Wildman–Crippen MR) is 78.3 cm³/mol. The minimum absolute atomic E-state index is 0. The molecule has 1 aromatic carbocycles. The molecule has 2 fully saturated rings. The van der Waals surface area contributed by atoms with Crippen molar-refractivity contribution >= 4 is 18.3 Å². The SMILES string of the molecule is Cl.O=C(NC1(c2ccccc2F)CC1)C1CCNCC1. The van der Waals surface area contributed by atoms with Crippen molar-refractivity contribution in [1.82, 2.24) is 10.6 Å². The zero-order chi connectivity index (χ0) is 13.3. The molecule has 1 saturated heterocycles. The lowest BCUT2D eigenvalue weighted by Crippen LogP contribution is -2.43. The third-order valence-electron chi connectivity index (χ3n) is 4.21. The Morgan fingerprint density at radius 1 is 1.25 bits per heavy atom.